The minimum atomic E-state index is -0.803. The van der Waals surface area contributed by atoms with Crippen molar-refractivity contribution in [2.45, 2.75) is 6.10 Å². The summed E-state index contributed by atoms with van der Waals surface area (Å²) in [6.45, 7) is 0.0945. The molecule has 6 heteroatoms. The van der Waals surface area contributed by atoms with Crippen molar-refractivity contribution in [2.24, 2.45) is 0 Å². The third-order valence-corrected chi connectivity index (χ3v) is 3.78. The molecule has 2 N–H and O–H groups in total. The summed E-state index contributed by atoms with van der Waals surface area (Å²) < 4.78 is 11.0. The van der Waals surface area contributed by atoms with Gasteiger partial charge in [-0.15, -0.1) is 0 Å². The lowest BCUT2D eigenvalue weighted by atomic mass is 10.1. The van der Waals surface area contributed by atoms with Gasteiger partial charge < -0.3 is 19.3 Å². The highest BCUT2D eigenvalue weighted by molar-refractivity contribution is 9.10. The third kappa shape index (κ3) is 3.72. The van der Waals surface area contributed by atoms with Gasteiger partial charge in [0, 0.05) is 12.1 Å². The van der Waals surface area contributed by atoms with E-state index in [0.29, 0.717) is 10.2 Å². The lowest BCUT2D eigenvalue weighted by molar-refractivity contribution is 0.0888. The van der Waals surface area contributed by atoms with E-state index in [1.54, 1.807) is 30.5 Å². The minimum Gasteiger partial charge on any atom is -0.464 e. The Kier molecular flexibility index (Phi) is 4.64. The van der Waals surface area contributed by atoms with Gasteiger partial charge in [0.15, 0.2) is 10.4 Å². The van der Waals surface area contributed by atoms with Crippen LogP contribution in [-0.4, -0.2) is 17.6 Å². The van der Waals surface area contributed by atoms with Crippen molar-refractivity contribution < 1.29 is 18.7 Å². The molecule has 3 rings (SSSR count). The van der Waals surface area contributed by atoms with Crippen LogP contribution in [0.4, 0.5) is 0 Å². The number of hydrogen-bond donors (Lipinski definition) is 2. The normalized spacial score (nSPS) is 12.1. The number of carbonyl (C=O) groups excluding carboxylic acids is 1. The summed E-state index contributed by atoms with van der Waals surface area (Å²) in [5.74, 6) is 0.585. The van der Waals surface area contributed by atoms with Gasteiger partial charge in [-0.1, -0.05) is 24.3 Å². The molecular formula is C17H14BrNO4. The van der Waals surface area contributed by atoms with Crippen LogP contribution in [0, 0.1) is 0 Å². The van der Waals surface area contributed by atoms with Crippen molar-refractivity contribution in [1.29, 1.82) is 0 Å². The zero-order valence-electron chi connectivity index (χ0n) is 12.0. The average Bonchev–Trinajstić information content (AvgIpc) is 3.24. The van der Waals surface area contributed by atoms with Crippen molar-refractivity contribution in [2.75, 3.05) is 6.54 Å². The second kappa shape index (κ2) is 6.85. The number of rotatable bonds is 5. The summed E-state index contributed by atoms with van der Waals surface area (Å²) in [6.07, 6.45) is 0.809. The lowest BCUT2D eigenvalue weighted by Gasteiger charge is -2.12. The molecule has 0 unspecified atom stereocenters. The maximum Gasteiger partial charge on any atom is 0.287 e. The molecule has 0 fully saturated rings. The van der Waals surface area contributed by atoms with Crippen molar-refractivity contribution in [3.63, 3.8) is 0 Å². The number of benzene rings is 1. The molecule has 2 aromatic heterocycles. The first-order chi connectivity index (χ1) is 11.1. The van der Waals surface area contributed by atoms with E-state index >= 15 is 0 Å². The second-order valence-corrected chi connectivity index (χ2v) is 5.71. The quantitative estimate of drug-likeness (QED) is 0.711. The molecule has 1 aromatic carbocycles. The largest absolute Gasteiger partial charge is 0.464 e. The van der Waals surface area contributed by atoms with Gasteiger partial charge in [-0.25, -0.2) is 0 Å². The molecule has 0 radical (unpaired) electrons. The Labute approximate surface area is 141 Å². The molecule has 118 valence electrons. The number of furan rings is 2. The zero-order valence-corrected chi connectivity index (χ0v) is 13.6. The molecule has 5 nitrogen and oxygen atoms in total. The van der Waals surface area contributed by atoms with E-state index in [2.05, 4.69) is 21.2 Å². The van der Waals surface area contributed by atoms with Gasteiger partial charge in [0.2, 0.25) is 0 Å². The van der Waals surface area contributed by atoms with E-state index in [9.17, 15) is 9.90 Å². The molecule has 0 aliphatic rings. The Hall–Kier alpha value is -2.31. The predicted molar refractivity (Wildman–Crippen MR) is 87.8 cm³/mol. The fourth-order valence-electron chi connectivity index (χ4n) is 2.14. The van der Waals surface area contributed by atoms with Gasteiger partial charge in [0.25, 0.3) is 5.91 Å². The van der Waals surface area contributed by atoms with E-state index in [1.165, 1.54) is 0 Å². The van der Waals surface area contributed by atoms with Gasteiger partial charge in [-0.3, -0.25) is 4.79 Å². The fourth-order valence-corrected chi connectivity index (χ4v) is 2.45. The topological polar surface area (TPSA) is 75.6 Å². The molecule has 0 aliphatic heterocycles. The Morgan fingerprint density at radius 1 is 1.17 bits per heavy atom. The SMILES string of the molecule is O=C(NC[C@@H](O)c1ccc(-c2ccco2)cc1)c1ccc(Br)o1. The van der Waals surface area contributed by atoms with Crippen molar-refractivity contribution in [1.82, 2.24) is 5.32 Å². The molecule has 0 spiro atoms. The summed E-state index contributed by atoms with van der Waals surface area (Å²) in [6, 6.07) is 14.2. The van der Waals surface area contributed by atoms with Crippen LogP contribution in [0.3, 0.4) is 0 Å². The molecule has 1 atom stereocenters. The van der Waals surface area contributed by atoms with Crippen LogP contribution in [0.1, 0.15) is 22.2 Å². The summed E-state index contributed by atoms with van der Waals surface area (Å²) in [5.41, 5.74) is 1.64. The lowest BCUT2D eigenvalue weighted by Crippen LogP contribution is -2.28. The first-order valence-corrected chi connectivity index (χ1v) is 7.78. The molecule has 2 heterocycles. The first-order valence-electron chi connectivity index (χ1n) is 6.99. The molecule has 23 heavy (non-hydrogen) atoms. The molecule has 0 saturated heterocycles. The van der Waals surface area contributed by atoms with Crippen LogP contribution in [0.5, 0.6) is 0 Å². The van der Waals surface area contributed by atoms with Crippen LogP contribution in [-0.2, 0) is 0 Å². The molecule has 0 saturated carbocycles. The number of carbonyl (C=O) groups is 1. The number of aliphatic hydroxyl groups excluding tert-OH is 1. The standard InChI is InChI=1S/C17H14BrNO4/c18-16-8-7-15(23-16)17(21)19-10-13(20)11-3-5-12(6-4-11)14-2-1-9-22-14/h1-9,13,20H,10H2,(H,19,21)/t13-/m1/s1. The Balaban J connectivity index is 1.60. The molecule has 1 amide bonds. The maximum atomic E-state index is 11.9. The van der Waals surface area contributed by atoms with Crippen molar-refractivity contribution in [3.8, 4) is 11.3 Å². The second-order valence-electron chi connectivity index (χ2n) is 4.93. The molecule has 0 bridgehead atoms. The summed E-state index contributed by atoms with van der Waals surface area (Å²) in [7, 11) is 0. The van der Waals surface area contributed by atoms with Crippen LogP contribution in [0.2, 0.25) is 0 Å². The highest BCUT2D eigenvalue weighted by Crippen LogP contribution is 2.22. The van der Waals surface area contributed by atoms with E-state index in [4.69, 9.17) is 8.83 Å². The highest BCUT2D eigenvalue weighted by atomic mass is 79.9. The van der Waals surface area contributed by atoms with Crippen LogP contribution in [0.15, 0.2) is 68.3 Å². The van der Waals surface area contributed by atoms with E-state index in [0.717, 1.165) is 11.3 Å². The first kappa shape index (κ1) is 15.6. The van der Waals surface area contributed by atoms with Crippen molar-refractivity contribution >= 4 is 21.8 Å². The Morgan fingerprint density at radius 3 is 2.57 bits per heavy atom. The number of nitrogens with one attached hydrogen (secondary N) is 1. The van der Waals surface area contributed by atoms with E-state index < -0.39 is 6.10 Å². The third-order valence-electron chi connectivity index (χ3n) is 3.35. The van der Waals surface area contributed by atoms with Gasteiger partial charge >= 0.3 is 0 Å². The summed E-state index contributed by atoms with van der Waals surface area (Å²) in [5, 5.41) is 12.8. The smallest absolute Gasteiger partial charge is 0.287 e. The molecular weight excluding hydrogens is 362 g/mol. The number of amides is 1. The Morgan fingerprint density at radius 2 is 1.96 bits per heavy atom. The van der Waals surface area contributed by atoms with Gasteiger partial charge in [-0.05, 0) is 45.8 Å². The Bertz CT molecular complexity index is 777. The minimum absolute atomic E-state index is 0.0945. The zero-order chi connectivity index (χ0) is 16.2. The molecule has 3 aromatic rings. The summed E-state index contributed by atoms with van der Waals surface area (Å²) in [4.78, 5) is 11.9. The van der Waals surface area contributed by atoms with E-state index in [1.807, 2.05) is 24.3 Å². The van der Waals surface area contributed by atoms with Crippen LogP contribution >= 0.6 is 15.9 Å². The fraction of sp³-hybridized carbons (Fsp3) is 0.118. The molecule has 0 aliphatic carbocycles. The monoisotopic (exact) mass is 375 g/mol. The predicted octanol–water partition coefficient (Wildman–Crippen LogP) is 3.77. The number of halogens is 1. The number of aliphatic hydroxyl groups is 1. The van der Waals surface area contributed by atoms with Gasteiger partial charge in [-0.2, -0.15) is 0 Å². The maximum absolute atomic E-state index is 11.9. The van der Waals surface area contributed by atoms with E-state index in [-0.39, 0.29) is 18.2 Å². The summed E-state index contributed by atoms with van der Waals surface area (Å²) >= 11 is 3.14. The highest BCUT2D eigenvalue weighted by Gasteiger charge is 2.14. The van der Waals surface area contributed by atoms with Gasteiger partial charge in [0.1, 0.15) is 5.76 Å². The van der Waals surface area contributed by atoms with Crippen molar-refractivity contribution in [3.05, 3.63) is 70.8 Å². The van der Waals surface area contributed by atoms with Crippen LogP contribution in [0.25, 0.3) is 11.3 Å². The average molecular weight is 376 g/mol. The van der Waals surface area contributed by atoms with Gasteiger partial charge in [0.05, 0.1) is 12.4 Å². The number of hydrogen-bond acceptors (Lipinski definition) is 4. The van der Waals surface area contributed by atoms with Crippen LogP contribution < -0.4 is 5.32 Å².